The first-order valence-corrected chi connectivity index (χ1v) is 4.81. The molecule has 0 saturated heterocycles. The highest BCUT2D eigenvalue weighted by Crippen LogP contribution is 2.25. The number of ether oxygens (including phenoxy) is 1. The zero-order valence-corrected chi connectivity index (χ0v) is 8.30. The molecule has 0 aliphatic carbocycles. The SMILES string of the molecule is O=C(Cl)NCc1ccc2c(c1)CCO2. The number of carbonyl (C=O) groups is 1. The Morgan fingerprint density at radius 2 is 2.43 bits per heavy atom. The summed E-state index contributed by atoms with van der Waals surface area (Å²) in [5.41, 5.74) is 2.24. The quantitative estimate of drug-likeness (QED) is 0.601. The van der Waals surface area contributed by atoms with Crippen molar-refractivity contribution in [3.63, 3.8) is 0 Å². The normalized spacial score (nSPS) is 13.2. The van der Waals surface area contributed by atoms with Crippen molar-refractivity contribution in [2.45, 2.75) is 13.0 Å². The van der Waals surface area contributed by atoms with Crippen LogP contribution in [0.1, 0.15) is 11.1 Å². The molecule has 0 unspecified atom stereocenters. The van der Waals surface area contributed by atoms with Crippen LogP contribution in [0.2, 0.25) is 0 Å². The molecule has 74 valence electrons. The highest BCUT2D eigenvalue weighted by molar-refractivity contribution is 6.62. The number of benzene rings is 1. The first kappa shape index (κ1) is 9.34. The summed E-state index contributed by atoms with van der Waals surface area (Å²) in [6.45, 7) is 1.22. The van der Waals surface area contributed by atoms with E-state index < -0.39 is 5.37 Å². The third-order valence-corrected chi connectivity index (χ3v) is 2.32. The Hall–Kier alpha value is -1.22. The number of halogens is 1. The van der Waals surface area contributed by atoms with E-state index in [9.17, 15) is 4.79 Å². The second kappa shape index (κ2) is 3.88. The molecule has 3 nitrogen and oxygen atoms in total. The van der Waals surface area contributed by atoms with Gasteiger partial charge in [0, 0.05) is 13.0 Å². The maximum absolute atomic E-state index is 10.5. The van der Waals surface area contributed by atoms with Crippen molar-refractivity contribution >= 4 is 17.0 Å². The van der Waals surface area contributed by atoms with Gasteiger partial charge in [0.1, 0.15) is 5.75 Å². The maximum Gasteiger partial charge on any atom is 0.314 e. The van der Waals surface area contributed by atoms with Crippen LogP contribution < -0.4 is 10.1 Å². The highest BCUT2D eigenvalue weighted by Gasteiger charge is 2.11. The summed E-state index contributed by atoms with van der Waals surface area (Å²) in [6.07, 6.45) is 0.942. The highest BCUT2D eigenvalue weighted by atomic mass is 35.5. The lowest BCUT2D eigenvalue weighted by molar-refractivity contribution is 0.259. The summed E-state index contributed by atoms with van der Waals surface area (Å²) < 4.78 is 5.37. The van der Waals surface area contributed by atoms with Crippen LogP contribution in [-0.2, 0) is 13.0 Å². The van der Waals surface area contributed by atoms with E-state index in [4.69, 9.17) is 16.3 Å². The van der Waals surface area contributed by atoms with Gasteiger partial charge in [0.2, 0.25) is 0 Å². The molecule has 2 rings (SSSR count). The third-order valence-electron chi connectivity index (χ3n) is 2.19. The molecule has 1 aliphatic rings. The van der Waals surface area contributed by atoms with E-state index in [1.807, 2.05) is 18.2 Å². The first-order valence-electron chi connectivity index (χ1n) is 4.43. The van der Waals surface area contributed by atoms with Crippen LogP contribution in [0, 0.1) is 0 Å². The Kier molecular flexibility index (Phi) is 2.59. The van der Waals surface area contributed by atoms with Gasteiger partial charge in [-0.15, -0.1) is 0 Å². The van der Waals surface area contributed by atoms with E-state index in [0.29, 0.717) is 6.54 Å². The molecule has 1 amide bonds. The number of amides is 1. The molecule has 1 aliphatic heterocycles. The second-order valence-corrected chi connectivity index (χ2v) is 3.51. The molecule has 14 heavy (non-hydrogen) atoms. The minimum Gasteiger partial charge on any atom is -0.493 e. The van der Waals surface area contributed by atoms with E-state index in [1.54, 1.807) is 0 Å². The molecular formula is C10H10ClNO2. The van der Waals surface area contributed by atoms with E-state index in [0.717, 1.165) is 24.3 Å². The summed E-state index contributed by atoms with van der Waals surface area (Å²) >= 11 is 5.17. The summed E-state index contributed by atoms with van der Waals surface area (Å²) in [7, 11) is 0. The molecule has 0 fully saturated rings. The predicted octanol–water partition coefficient (Wildman–Crippen LogP) is 2.07. The van der Waals surface area contributed by atoms with Gasteiger partial charge in [-0.2, -0.15) is 0 Å². The van der Waals surface area contributed by atoms with Crippen LogP contribution in [0.5, 0.6) is 5.75 Å². The Morgan fingerprint density at radius 1 is 1.57 bits per heavy atom. The van der Waals surface area contributed by atoms with Crippen molar-refractivity contribution in [3.8, 4) is 5.75 Å². The van der Waals surface area contributed by atoms with Crippen LogP contribution in [0.25, 0.3) is 0 Å². The van der Waals surface area contributed by atoms with Crippen molar-refractivity contribution in [1.82, 2.24) is 5.32 Å². The Labute approximate surface area is 87.0 Å². The number of hydrogen-bond acceptors (Lipinski definition) is 2. The Morgan fingerprint density at radius 3 is 3.21 bits per heavy atom. The predicted molar refractivity (Wildman–Crippen MR) is 53.7 cm³/mol. The van der Waals surface area contributed by atoms with E-state index >= 15 is 0 Å². The molecule has 0 atom stereocenters. The van der Waals surface area contributed by atoms with Crippen LogP contribution in [0.3, 0.4) is 0 Å². The van der Waals surface area contributed by atoms with Crippen molar-refractivity contribution in [3.05, 3.63) is 29.3 Å². The van der Waals surface area contributed by atoms with Crippen molar-refractivity contribution in [1.29, 1.82) is 0 Å². The fraction of sp³-hybridized carbons (Fsp3) is 0.300. The van der Waals surface area contributed by atoms with Gasteiger partial charge in [0.25, 0.3) is 0 Å². The Balaban J connectivity index is 2.09. The lowest BCUT2D eigenvalue weighted by Gasteiger charge is -2.03. The summed E-state index contributed by atoms with van der Waals surface area (Å²) in [5.74, 6) is 0.950. The number of fused-ring (bicyclic) bond motifs is 1. The molecular weight excluding hydrogens is 202 g/mol. The van der Waals surface area contributed by atoms with Crippen molar-refractivity contribution in [2.75, 3.05) is 6.61 Å². The van der Waals surface area contributed by atoms with Gasteiger partial charge in [-0.05, 0) is 28.8 Å². The van der Waals surface area contributed by atoms with Gasteiger partial charge in [0.05, 0.1) is 6.61 Å². The summed E-state index contributed by atoms with van der Waals surface area (Å²) in [5, 5.41) is 2.01. The molecule has 4 heteroatoms. The van der Waals surface area contributed by atoms with Crippen LogP contribution in [-0.4, -0.2) is 12.0 Å². The van der Waals surface area contributed by atoms with Crippen molar-refractivity contribution in [2.24, 2.45) is 0 Å². The van der Waals surface area contributed by atoms with Gasteiger partial charge in [-0.3, -0.25) is 4.79 Å². The minimum absolute atomic E-state index is 0.468. The average molecular weight is 212 g/mol. The van der Waals surface area contributed by atoms with Crippen LogP contribution >= 0.6 is 11.6 Å². The van der Waals surface area contributed by atoms with Crippen molar-refractivity contribution < 1.29 is 9.53 Å². The third kappa shape index (κ3) is 1.99. The lowest BCUT2D eigenvalue weighted by atomic mass is 10.1. The maximum atomic E-state index is 10.5. The average Bonchev–Trinajstić information content (AvgIpc) is 2.61. The van der Waals surface area contributed by atoms with Gasteiger partial charge in [-0.1, -0.05) is 12.1 Å². The fourth-order valence-electron chi connectivity index (χ4n) is 1.52. The minimum atomic E-state index is -0.526. The Bertz CT molecular complexity index is 365. The second-order valence-electron chi connectivity index (χ2n) is 3.17. The van der Waals surface area contributed by atoms with E-state index in [1.165, 1.54) is 5.56 Å². The molecule has 0 saturated carbocycles. The number of rotatable bonds is 2. The van der Waals surface area contributed by atoms with Gasteiger partial charge < -0.3 is 10.1 Å². The number of carbonyl (C=O) groups excluding carboxylic acids is 1. The fourth-order valence-corrected chi connectivity index (χ4v) is 1.59. The van der Waals surface area contributed by atoms with Crippen LogP contribution in [0.15, 0.2) is 18.2 Å². The van der Waals surface area contributed by atoms with Gasteiger partial charge in [-0.25, -0.2) is 0 Å². The standard InChI is InChI=1S/C10H10ClNO2/c11-10(13)12-6-7-1-2-9-8(5-7)3-4-14-9/h1-2,5H,3-4,6H2,(H,12,13). The van der Waals surface area contributed by atoms with Crippen LogP contribution in [0.4, 0.5) is 4.79 Å². The monoisotopic (exact) mass is 211 g/mol. The van der Waals surface area contributed by atoms with Gasteiger partial charge in [0.15, 0.2) is 0 Å². The molecule has 1 heterocycles. The molecule has 0 spiro atoms. The molecule has 0 radical (unpaired) electrons. The largest absolute Gasteiger partial charge is 0.493 e. The molecule has 1 aromatic carbocycles. The lowest BCUT2D eigenvalue weighted by Crippen LogP contribution is -2.15. The smallest absolute Gasteiger partial charge is 0.314 e. The van der Waals surface area contributed by atoms with Gasteiger partial charge >= 0.3 is 5.37 Å². The molecule has 0 aromatic heterocycles. The molecule has 1 aromatic rings. The van der Waals surface area contributed by atoms with E-state index in [2.05, 4.69) is 5.32 Å². The molecule has 0 bridgehead atoms. The van der Waals surface area contributed by atoms with E-state index in [-0.39, 0.29) is 0 Å². The zero-order valence-electron chi connectivity index (χ0n) is 7.55. The zero-order chi connectivity index (χ0) is 9.97. The summed E-state index contributed by atoms with van der Waals surface area (Å²) in [6, 6.07) is 5.89. The summed E-state index contributed by atoms with van der Waals surface area (Å²) in [4.78, 5) is 10.5. The topological polar surface area (TPSA) is 38.3 Å². The first-order chi connectivity index (χ1) is 6.75. The number of hydrogen-bond donors (Lipinski definition) is 1. The molecule has 1 N–H and O–H groups in total. The number of nitrogens with one attached hydrogen (secondary N) is 1.